The average molecular weight is 404 g/mol. The quantitative estimate of drug-likeness (QED) is 0.490. The second-order valence-corrected chi connectivity index (χ2v) is 7.07. The minimum absolute atomic E-state index is 0.241. The first-order valence-corrected chi connectivity index (χ1v) is 9.27. The predicted molar refractivity (Wildman–Crippen MR) is 111 cm³/mol. The van der Waals surface area contributed by atoms with E-state index in [1.165, 1.54) is 0 Å². The molecule has 8 heteroatoms. The largest absolute Gasteiger partial charge is 0.349 e. The molecule has 0 fully saturated rings. The number of hydrogen-bond acceptors (Lipinski definition) is 4. The highest BCUT2D eigenvalue weighted by Gasteiger charge is 2.23. The highest BCUT2D eigenvalue weighted by Crippen LogP contribution is 2.31. The van der Waals surface area contributed by atoms with E-state index in [1.54, 1.807) is 33.5 Å². The van der Waals surface area contributed by atoms with Crippen LogP contribution in [0.25, 0.3) is 33.8 Å². The van der Waals surface area contributed by atoms with Gasteiger partial charge in [0, 0.05) is 10.4 Å². The topological polar surface area (TPSA) is 85.6 Å². The van der Waals surface area contributed by atoms with Gasteiger partial charge in [0.1, 0.15) is 5.65 Å². The lowest BCUT2D eigenvalue weighted by molar-refractivity contribution is 0.851. The van der Waals surface area contributed by atoms with Crippen LogP contribution in [0.15, 0.2) is 70.3 Å². The van der Waals surface area contributed by atoms with Crippen molar-refractivity contribution < 1.29 is 0 Å². The molecule has 0 atom stereocenters. The Bertz CT molecular complexity index is 1470. The number of benzene rings is 2. The fourth-order valence-electron chi connectivity index (χ4n) is 3.52. The van der Waals surface area contributed by atoms with Gasteiger partial charge in [-0.2, -0.15) is 10.1 Å². The summed E-state index contributed by atoms with van der Waals surface area (Å²) >= 11 is 6.24. The standard InChI is InChI=1S/C21H14ClN5O2/c1-12-16-11-17-18(23-21(29)24-19(17)28)26(15-9-5-6-13(22)10-15)20(16)27(25-12)14-7-3-2-4-8-14/h2-11H,1H3,(H,24,28,29). The number of aryl methyl sites for hydroxylation is 1. The van der Waals surface area contributed by atoms with Crippen LogP contribution in [0.5, 0.6) is 0 Å². The van der Waals surface area contributed by atoms with Crippen molar-refractivity contribution >= 4 is 22.6 Å². The smallest absolute Gasteiger partial charge is 0.278 e. The van der Waals surface area contributed by atoms with Gasteiger partial charge in [-0.3, -0.25) is 14.3 Å². The number of fused-ring (bicyclic) bond motifs is 2. The number of nitrogens with zero attached hydrogens (tertiary/aromatic N) is 4. The van der Waals surface area contributed by atoms with E-state index in [9.17, 15) is 9.59 Å². The Balaban J connectivity index is 2.04. The lowest BCUT2D eigenvalue weighted by atomic mass is 10.1. The number of para-hydroxylation sites is 1. The molecule has 7 nitrogen and oxygen atoms in total. The molecule has 0 unspecified atom stereocenters. The van der Waals surface area contributed by atoms with Crippen molar-refractivity contribution in [3.8, 4) is 22.8 Å². The van der Waals surface area contributed by atoms with Crippen LogP contribution in [0.4, 0.5) is 0 Å². The van der Waals surface area contributed by atoms with E-state index in [-0.39, 0.29) is 5.82 Å². The molecule has 2 aliphatic rings. The van der Waals surface area contributed by atoms with E-state index < -0.39 is 11.2 Å². The molecule has 29 heavy (non-hydrogen) atoms. The molecule has 0 amide bonds. The van der Waals surface area contributed by atoms with Crippen LogP contribution in [-0.4, -0.2) is 24.3 Å². The van der Waals surface area contributed by atoms with Crippen molar-refractivity contribution in [3.05, 3.63) is 92.2 Å². The van der Waals surface area contributed by atoms with Crippen LogP contribution in [0.3, 0.4) is 0 Å². The molecule has 2 aromatic carbocycles. The number of hydrogen-bond donors (Lipinski definition) is 1. The third-order valence-corrected chi connectivity index (χ3v) is 5.01. The molecule has 3 aromatic rings. The summed E-state index contributed by atoms with van der Waals surface area (Å²) in [5.74, 6) is 0.241. The molecule has 2 aliphatic heterocycles. The van der Waals surface area contributed by atoms with Crippen molar-refractivity contribution in [2.75, 3.05) is 0 Å². The Hall–Kier alpha value is -3.71. The Morgan fingerprint density at radius 3 is 2.48 bits per heavy atom. The van der Waals surface area contributed by atoms with Gasteiger partial charge in [-0.25, -0.2) is 9.48 Å². The second kappa shape index (κ2) is 6.42. The van der Waals surface area contributed by atoms with Crippen molar-refractivity contribution in [2.45, 2.75) is 6.92 Å². The minimum atomic E-state index is -0.708. The fraction of sp³-hybridized carbons (Fsp3) is 0.0476. The Morgan fingerprint density at radius 1 is 0.966 bits per heavy atom. The normalized spacial score (nSPS) is 11.4. The number of pyridine rings is 1. The van der Waals surface area contributed by atoms with Gasteiger partial charge in [-0.1, -0.05) is 35.9 Å². The van der Waals surface area contributed by atoms with Gasteiger partial charge in [0.15, 0.2) is 5.82 Å². The number of aromatic amines is 1. The molecule has 0 radical (unpaired) electrons. The average Bonchev–Trinajstić information content (AvgIpc) is 3.03. The van der Waals surface area contributed by atoms with Gasteiger partial charge >= 0.3 is 5.69 Å². The molecule has 0 spiro atoms. The maximum atomic E-state index is 12.5. The Morgan fingerprint density at radius 2 is 1.72 bits per heavy atom. The van der Waals surface area contributed by atoms with Crippen molar-refractivity contribution in [1.29, 1.82) is 0 Å². The number of nitrogens with one attached hydrogen (secondary N) is 1. The molecule has 3 heterocycles. The molecule has 1 aromatic heterocycles. The first-order chi connectivity index (χ1) is 14.0. The van der Waals surface area contributed by atoms with Crippen LogP contribution in [0.2, 0.25) is 5.02 Å². The highest BCUT2D eigenvalue weighted by molar-refractivity contribution is 6.30. The SMILES string of the molecule is Cc1nn(-c2ccccc2)c2c1cc1c(=O)[nH]c(=O)nc-1n2-c1cccc(Cl)c1. The summed E-state index contributed by atoms with van der Waals surface area (Å²) in [6.45, 7) is 1.87. The van der Waals surface area contributed by atoms with E-state index in [0.717, 1.165) is 16.8 Å². The zero-order chi connectivity index (χ0) is 20.1. The third-order valence-electron chi connectivity index (χ3n) is 4.77. The third kappa shape index (κ3) is 2.75. The molecule has 142 valence electrons. The van der Waals surface area contributed by atoms with E-state index in [1.807, 2.05) is 43.3 Å². The first-order valence-electron chi connectivity index (χ1n) is 8.90. The van der Waals surface area contributed by atoms with Gasteiger partial charge in [-0.15, -0.1) is 0 Å². The predicted octanol–water partition coefficient (Wildman–Crippen LogP) is 3.33. The number of H-pyrrole nitrogens is 1. The molecular formula is C21H14ClN5O2. The van der Waals surface area contributed by atoms with Crippen LogP contribution in [-0.2, 0) is 0 Å². The van der Waals surface area contributed by atoms with Gasteiger partial charge in [-0.05, 0) is 43.3 Å². The number of rotatable bonds is 2. The fourth-order valence-corrected chi connectivity index (χ4v) is 3.70. The molecule has 0 saturated carbocycles. The molecular weight excluding hydrogens is 390 g/mol. The Labute approximate surface area is 169 Å². The maximum Gasteiger partial charge on any atom is 0.349 e. The number of halogens is 1. The highest BCUT2D eigenvalue weighted by atomic mass is 35.5. The maximum absolute atomic E-state index is 12.5. The monoisotopic (exact) mass is 403 g/mol. The van der Waals surface area contributed by atoms with Crippen molar-refractivity contribution in [2.24, 2.45) is 0 Å². The summed E-state index contributed by atoms with van der Waals surface area (Å²) in [7, 11) is 0. The summed E-state index contributed by atoms with van der Waals surface area (Å²) in [4.78, 5) is 30.9. The summed E-state index contributed by atoms with van der Waals surface area (Å²) < 4.78 is 3.53. The second-order valence-electron chi connectivity index (χ2n) is 6.64. The lowest BCUT2D eigenvalue weighted by Crippen LogP contribution is -2.27. The summed E-state index contributed by atoms with van der Waals surface area (Å²) in [6.07, 6.45) is 0. The molecule has 5 rings (SSSR count). The van der Waals surface area contributed by atoms with Crippen LogP contribution < -0.4 is 11.2 Å². The van der Waals surface area contributed by atoms with E-state index in [0.29, 0.717) is 21.9 Å². The summed E-state index contributed by atoms with van der Waals surface area (Å²) in [6, 6.07) is 18.5. The van der Waals surface area contributed by atoms with Crippen LogP contribution in [0.1, 0.15) is 5.69 Å². The molecule has 1 N–H and O–H groups in total. The molecule has 0 bridgehead atoms. The zero-order valence-electron chi connectivity index (χ0n) is 15.3. The summed E-state index contributed by atoms with van der Waals surface area (Å²) in [5.41, 5.74) is 2.03. The number of aromatic nitrogens is 5. The van der Waals surface area contributed by atoms with E-state index in [4.69, 9.17) is 11.6 Å². The van der Waals surface area contributed by atoms with Gasteiger partial charge in [0.25, 0.3) is 5.56 Å². The Kier molecular flexibility index (Phi) is 3.85. The zero-order valence-corrected chi connectivity index (χ0v) is 16.0. The van der Waals surface area contributed by atoms with E-state index in [2.05, 4.69) is 15.1 Å². The first kappa shape index (κ1) is 17.4. The molecule has 0 aliphatic carbocycles. The van der Waals surface area contributed by atoms with Gasteiger partial charge in [0.2, 0.25) is 0 Å². The van der Waals surface area contributed by atoms with Crippen LogP contribution >= 0.6 is 11.6 Å². The molecule has 0 saturated heterocycles. The minimum Gasteiger partial charge on any atom is -0.278 e. The van der Waals surface area contributed by atoms with Gasteiger partial charge < -0.3 is 0 Å². The van der Waals surface area contributed by atoms with Gasteiger partial charge in [0.05, 0.1) is 22.6 Å². The summed E-state index contributed by atoms with van der Waals surface area (Å²) in [5, 5.41) is 5.98. The lowest BCUT2D eigenvalue weighted by Gasteiger charge is -2.17. The van der Waals surface area contributed by atoms with Crippen LogP contribution in [0, 0.1) is 6.92 Å². The van der Waals surface area contributed by atoms with Crippen molar-refractivity contribution in [1.82, 2.24) is 24.3 Å². The van der Waals surface area contributed by atoms with E-state index >= 15 is 0 Å². The van der Waals surface area contributed by atoms with Crippen molar-refractivity contribution in [3.63, 3.8) is 0 Å².